The summed E-state index contributed by atoms with van der Waals surface area (Å²) in [7, 11) is 0. The van der Waals surface area contributed by atoms with E-state index in [4.69, 9.17) is 5.73 Å². The molecule has 0 radical (unpaired) electrons. The standard InChI is InChI=1S/C6H6N4.ClH/c7-5-4-2-1-3-8-6(4)10-9-5;/h1-3H,(H3,7,8,9,10);1H. The van der Waals surface area contributed by atoms with Crippen molar-refractivity contribution in [3.05, 3.63) is 18.3 Å². The monoisotopic (exact) mass is 170 g/mol. The summed E-state index contributed by atoms with van der Waals surface area (Å²) in [5.41, 5.74) is 6.18. The molecule has 0 atom stereocenters. The minimum atomic E-state index is 0. The SMILES string of the molecule is Cl.Nc1[nH]nc2ncccc12. The van der Waals surface area contributed by atoms with E-state index in [9.17, 15) is 0 Å². The van der Waals surface area contributed by atoms with Gasteiger partial charge in [-0.3, -0.25) is 5.10 Å². The van der Waals surface area contributed by atoms with Gasteiger partial charge in [0.25, 0.3) is 0 Å². The number of nitrogens with zero attached hydrogens (tertiary/aromatic N) is 2. The van der Waals surface area contributed by atoms with Crippen LogP contribution in [0.15, 0.2) is 18.3 Å². The number of hydrogen-bond acceptors (Lipinski definition) is 3. The fourth-order valence-corrected chi connectivity index (χ4v) is 0.870. The van der Waals surface area contributed by atoms with Crippen molar-refractivity contribution in [2.45, 2.75) is 0 Å². The Morgan fingerprint density at radius 2 is 2.27 bits per heavy atom. The van der Waals surface area contributed by atoms with E-state index < -0.39 is 0 Å². The second-order valence-electron chi connectivity index (χ2n) is 2.01. The molecular formula is C6H7ClN4. The van der Waals surface area contributed by atoms with Crippen LogP contribution in [0.2, 0.25) is 0 Å². The van der Waals surface area contributed by atoms with E-state index in [0.717, 1.165) is 5.39 Å². The van der Waals surface area contributed by atoms with Crippen LogP contribution in [0.5, 0.6) is 0 Å². The first-order valence-corrected chi connectivity index (χ1v) is 2.92. The highest BCUT2D eigenvalue weighted by atomic mass is 35.5. The van der Waals surface area contributed by atoms with Gasteiger partial charge in [-0.05, 0) is 12.1 Å². The van der Waals surface area contributed by atoms with Crippen LogP contribution in [0.25, 0.3) is 11.0 Å². The number of fused-ring (bicyclic) bond motifs is 1. The molecule has 4 nitrogen and oxygen atoms in total. The molecule has 2 aromatic rings. The van der Waals surface area contributed by atoms with E-state index in [2.05, 4.69) is 15.2 Å². The van der Waals surface area contributed by atoms with Crippen LogP contribution in [-0.2, 0) is 0 Å². The maximum Gasteiger partial charge on any atom is 0.183 e. The first-order chi connectivity index (χ1) is 4.88. The molecule has 0 saturated heterocycles. The minimum absolute atomic E-state index is 0. The summed E-state index contributed by atoms with van der Waals surface area (Å²) < 4.78 is 0. The number of anilines is 1. The number of hydrogen-bond donors (Lipinski definition) is 2. The Morgan fingerprint density at radius 1 is 1.45 bits per heavy atom. The van der Waals surface area contributed by atoms with Crippen LogP contribution < -0.4 is 5.73 Å². The van der Waals surface area contributed by atoms with Crippen LogP contribution in [0, 0.1) is 0 Å². The van der Waals surface area contributed by atoms with Crippen LogP contribution in [-0.4, -0.2) is 15.2 Å². The topological polar surface area (TPSA) is 67.6 Å². The summed E-state index contributed by atoms with van der Waals surface area (Å²) in [6.45, 7) is 0. The molecule has 3 N–H and O–H groups in total. The lowest BCUT2D eigenvalue weighted by Gasteiger charge is -1.83. The van der Waals surface area contributed by atoms with Gasteiger partial charge in [0.1, 0.15) is 5.82 Å². The van der Waals surface area contributed by atoms with Crippen molar-refractivity contribution in [1.82, 2.24) is 15.2 Å². The van der Waals surface area contributed by atoms with Crippen molar-refractivity contribution in [2.24, 2.45) is 0 Å². The van der Waals surface area contributed by atoms with E-state index in [1.54, 1.807) is 6.20 Å². The first kappa shape index (κ1) is 7.81. The summed E-state index contributed by atoms with van der Waals surface area (Å²) >= 11 is 0. The number of nitrogens with one attached hydrogen (secondary N) is 1. The van der Waals surface area contributed by atoms with Crippen molar-refractivity contribution in [3.8, 4) is 0 Å². The number of aromatic amines is 1. The zero-order chi connectivity index (χ0) is 6.97. The van der Waals surface area contributed by atoms with Gasteiger partial charge in [0.05, 0.1) is 5.39 Å². The fourth-order valence-electron chi connectivity index (χ4n) is 0.870. The average molecular weight is 171 g/mol. The lowest BCUT2D eigenvalue weighted by Crippen LogP contribution is -1.83. The predicted molar refractivity (Wildman–Crippen MR) is 45.5 cm³/mol. The lowest BCUT2D eigenvalue weighted by molar-refractivity contribution is 1.10. The van der Waals surface area contributed by atoms with E-state index in [1.807, 2.05) is 12.1 Å². The highest BCUT2D eigenvalue weighted by Gasteiger charge is 1.98. The highest BCUT2D eigenvalue weighted by molar-refractivity contribution is 5.85. The van der Waals surface area contributed by atoms with Crippen molar-refractivity contribution in [1.29, 1.82) is 0 Å². The molecule has 2 aromatic heterocycles. The summed E-state index contributed by atoms with van der Waals surface area (Å²) in [5, 5.41) is 7.38. The van der Waals surface area contributed by atoms with Crippen molar-refractivity contribution < 1.29 is 0 Å². The Balaban J connectivity index is 0.000000605. The Bertz CT molecular complexity index is 356. The molecule has 2 rings (SSSR count). The van der Waals surface area contributed by atoms with Gasteiger partial charge < -0.3 is 5.73 Å². The summed E-state index contributed by atoms with van der Waals surface area (Å²) in [6.07, 6.45) is 1.68. The molecule has 0 amide bonds. The Morgan fingerprint density at radius 3 is 3.00 bits per heavy atom. The Hall–Kier alpha value is -1.29. The van der Waals surface area contributed by atoms with Gasteiger partial charge in [-0.25, -0.2) is 4.98 Å². The third-order valence-corrected chi connectivity index (χ3v) is 1.36. The zero-order valence-corrected chi connectivity index (χ0v) is 6.43. The lowest BCUT2D eigenvalue weighted by atomic mass is 10.3. The van der Waals surface area contributed by atoms with E-state index >= 15 is 0 Å². The van der Waals surface area contributed by atoms with Crippen LogP contribution in [0.1, 0.15) is 0 Å². The molecule has 5 heteroatoms. The van der Waals surface area contributed by atoms with Gasteiger partial charge >= 0.3 is 0 Å². The van der Waals surface area contributed by atoms with Crippen molar-refractivity contribution in [2.75, 3.05) is 5.73 Å². The quantitative estimate of drug-likeness (QED) is 0.619. The first-order valence-electron chi connectivity index (χ1n) is 2.92. The second kappa shape index (κ2) is 2.75. The number of pyridine rings is 1. The van der Waals surface area contributed by atoms with Gasteiger partial charge in [0.2, 0.25) is 0 Å². The molecule has 0 fully saturated rings. The number of H-pyrrole nitrogens is 1. The fraction of sp³-hybridized carbons (Fsp3) is 0. The molecule has 0 aliphatic rings. The van der Waals surface area contributed by atoms with E-state index in [0.29, 0.717) is 11.5 Å². The van der Waals surface area contributed by atoms with Crippen molar-refractivity contribution in [3.63, 3.8) is 0 Å². The number of nitrogen functional groups attached to an aromatic ring is 1. The molecule has 58 valence electrons. The van der Waals surface area contributed by atoms with Crippen molar-refractivity contribution >= 4 is 29.3 Å². The molecule has 0 spiro atoms. The predicted octanol–water partition coefficient (Wildman–Crippen LogP) is 0.962. The summed E-state index contributed by atoms with van der Waals surface area (Å²) in [4.78, 5) is 3.98. The number of aromatic nitrogens is 3. The molecule has 0 aliphatic heterocycles. The average Bonchev–Trinajstić information content (AvgIpc) is 2.34. The molecule has 0 bridgehead atoms. The maximum atomic E-state index is 5.52. The van der Waals surface area contributed by atoms with Crippen LogP contribution in [0.3, 0.4) is 0 Å². The van der Waals surface area contributed by atoms with Crippen LogP contribution >= 0.6 is 12.4 Å². The van der Waals surface area contributed by atoms with Gasteiger partial charge in [-0.2, -0.15) is 5.10 Å². The van der Waals surface area contributed by atoms with Gasteiger partial charge in [0, 0.05) is 6.20 Å². The molecule has 2 heterocycles. The number of halogens is 1. The number of rotatable bonds is 0. The third-order valence-electron chi connectivity index (χ3n) is 1.36. The maximum absolute atomic E-state index is 5.52. The largest absolute Gasteiger partial charge is 0.384 e. The van der Waals surface area contributed by atoms with E-state index in [1.165, 1.54) is 0 Å². The molecule has 0 aliphatic carbocycles. The minimum Gasteiger partial charge on any atom is -0.384 e. The van der Waals surface area contributed by atoms with Gasteiger partial charge in [-0.15, -0.1) is 12.4 Å². The zero-order valence-electron chi connectivity index (χ0n) is 5.61. The molecule has 11 heavy (non-hydrogen) atoms. The second-order valence-corrected chi connectivity index (χ2v) is 2.01. The molecule has 0 aromatic carbocycles. The van der Waals surface area contributed by atoms with Gasteiger partial charge in [-0.1, -0.05) is 0 Å². The van der Waals surface area contributed by atoms with Crippen LogP contribution in [0.4, 0.5) is 5.82 Å². The molecular weight excluding hydrogens is 164 g/mol. The normalized spacial score (nSPS) is 9.45. The summed E-state index contributed by atoms with van der Waals surface area (Å²) in [5.74, 6) is 0.572. The Kier molecular flexibility index (Phi) is 1.96. The summed E-state index contributed by atoms with van der Waals surface area (Å²) in [6, 6.07) is 3.70. The highest BCUT2D eigenvalue weighted by Crippen LogP contribution is 2.12. The molecule has 0 unspecified atom stereocenters. The van der Waals surface area contributed by atoms with E-state index in [-0.39, 0.29) is 12.4 Å². The third kappa shape index (κ3) is 1.12. The Labute approximate surface area is 69.2 Å². The number of nitrogens with two attached hydrogens (primary N) is 1. The smallest absolute Gasteiger partial charge is 0.183 e. The molecule has 0 saturated carbocycles. The van der Waals surface area contributed by atoms with Gasteiger partial charge in [0.15, 0.2) is 5.65 Å².